The lowest BCUT2D eigenvalue weighted by Gasteiger charge is -2.50. The number of nitrogens with zero attached hydrogens (tertiary/aromatic N) is 5. The Labute approximate surface area is 208 Å². The van der Waals surface area contributed by atoms with Crippen molar-refractivity contribution in [2.24, 2.45) is 5.16 Å². The van der Waals surface area contributed by atoms with Gasteiger partial charge in [0, 0.05) is 36.2 Å². The van der Waals surface area contributed by atoms with Crippen molar-refractivity contribution in [3.05, 3.63) is 28.7 Å². The molecule has 5 heterocycles. The minimum absolute atomic E-state index is 0.0683. The molecule has 0 aliphatic carbocycles. The maximum Gasteiger partial charge on any atom is 0.352 e. The summed E-state index contributed by atoms with van der Waals surface area (Å²) in [5.74, 6) is -3.07. The molecule has 5 rings (SSSR count). The van der Waals surface area contributed by atoms with E-state index in [1.54, 1.807) is 6.08 Å². The fourth-order valence-electron chi connectivity index (χ4n) is 5.20. The maximum atomic E-state index is 12.9. The summed E-state index contributed by atoms with van der Waals surface area (Å²) in [4.78, 5) is 57.4. The van der Waals surface area contributed by atoms with E-state index in [1.165, 1.54) is 0 Å². The number of fused-ring (bicyclic) bond motifs is 1. The molecule has 3 fully saturated rings. The molecule has 190 valence electrons. The van der Waals surface area contributed by atoms with Crippen molar-refractivity contribution in [3.8, 4) is 0 Å². The molecule has 0 radical (unpaired) electrons. The van der Waals surface area contributed by atoms with Crippen LogP contribution in [0, 0.1) is 0 Å². The maximum absolute atomic E-state index is 12.9. The molecule has 3 atom stereocenters. The second-order valence-corrected chi connectivity index (χ2v) is 9.70. The van der Waals surface area contributed by atoms with Crippen molar-refractivity contribution in [2.75, 3.05) is 25.4 Å². The number of β-lactam (4-membered cyclic amide) rings is 1. The number of carboxylic acid groups (broad SMARTS) is 1. The molecular weight excluding hydrogens is 492 g/mol. The van der Waals surface area contributed by atoms with Gasteiger partial charge in [-0.3, -0.25) is 19.3 Å². The molecule has 15 heteroatoms. The number of aliphatic carboxylic acids is 1. The fraction of sp³-hybridized carbons (Fsp3) is 0.476. The molecule has 4 aliphatic heterocycles. The summed E-state index contributed by atoms with van der Waals surface area (Å²) in [7, 11) is 0. The van der Waals surface area contributed by atoms with Gasteiger partial charge in [0.05, 0.1) is 6.04 Å². The van der Waals surface area contributed by atoms with Crippen LogP contribution in [0.5, 0.6) is 0 Å². The zero-order valence-corrected chi connectivity index (χ0v) is 19.8. The van der Waals surface area contributed by atoms with Crippen molar-refractivity contribution in [3.63, 3.8) is 0 Å². The number of carbonyl (C=O) groups excluding carboxylic acids is 3. The van der Waals surface area contributed by atoms with Gasteiger partial charge < -0.3 is 31.6 Å². The monoisotopic (exact) mass is 516 g/mol. The largest absolute Gasteiger partial charge is 0.477 e. The minimum Gasteiger partial charge on any atom is -0.477 e. The lowest BCUT2D eigenvalue weighted by molar-refractivity contribution is -0.155. The molecule has 3 saturated heterocycles. The second kappa shape index (κ2) is 9.31. The Morgan fingerprint density at radius 3 is 2.72 bits per heavy atom. The summed E-state index contributed by atoms with van der Waals surface area (Å²) in [5, 5.41) is 27.9. The molecule has 0 bridgehead atoms. The molecule has 14 nitrogen and oxygen atoms in total. The fourth-order valence-corrected chi connectivity index (χ4v) is 5.63. The van der Waals surface area contributed by atoms with Crippen LogP contribution in [0.4, 0.5) is 5.13 Å². The highest BCUT2D eigenvalue weighted by Crippen LogP contribution is 2.38. The predicted octanol–water partition coefficient (Wildman–Crippen LogP) is -1.35. The van der Waals surface area contributed by atoms with E-state index in [4.69, 9.17) is 5.73 Å². The number of allylic oxidation sites excluding steroid dienone is 2. The molecule has 0 aromatic carbocycles. The predicted molar refractivity (Wildman–Crippen MR) is 125 cm³/mol. The van der Waals surface area contributed by atoms with E-state index in [0.29, 0.717) is 37.0 Å². The molecule has 3 amide bonds. The normalized spacial score (nSPS) is 27.5. The van der Waals surface area contributed by atoms with Gasteiger partial charge in [-0.05, 0) is 43.9 Å². The Morgan fingerprint density at radius 1 is 1.28 bits per heavy atom. The quantitative estimate of drug-likeness (QED) is 0.0988. The van der Waals surface area contributed by atoms with Crippen LogP contribution in [0.3, 0.4) is 0 Å². The molecule has 0 saturated carbocycles. The van der Waals surface area contributed by atoms with Gasteiger partial charge in [-0.1, -0.05) is 5.16 Å². The SMILES string of the molecule is Nc1nc(/C(=N\O)C(=O)N[C@@H]2C(=O)N3C(C(=O)O)=C(/C=C4/CCN([C@@H]5CCNC5)C4=O)CC[C@H]23)ns1. The Morgan fingerprint density at radius 2 is 2.08 bits per heavy atom. The zero-order valence-electron chi connectivity index (χ0n) is 19.0. The van der Waals surface area contributed by atoms with Gasteiger partial charge in [0.15, 0.2) is 5.13 Å². The first-order chi connectivity index (χ1) is 17.3. The van der Waals surface area contributed by atoms with Crippen LogP contribution < -0.4 is 16.4 Å². The van der Waals surface area contributed by atoms with Crippen molar-refractivity contribution in [1.29, 1.82) is 0 Å². The third kappa shape index (κ3) is 3.99. The molecular formula is C21H24N8O6S. The van der Waals surface area contributed by atoms with Crippen LogP contribution in [0.2, 0.25) is 0 Å². The Balaban J connectivity index is 1.33. The Kier molecular flexibility index (Phi) is 6.17. The van der Waals surface area contributed by atoms with E-state index < -0.39 is 35.6 Å². The average Bonchev–Trinajstić information content (AvgIpc) is 3.60. The van der Waals surface area contributed by atoms with Crippen LogP contribution in [-0.4, -0.2) is 96.6 Å². The smallest absolute Gasteiger partial charge is 0.352 e. The van der Waals surface area contributed by atoms with Gasteiger partial charge in [0.1, 0.15) is 11.7 Å². The number of rotatable bonds is 6. The summed E-state index contributed by atoms with van der Waals surface area (Å²) >= 11 is 0.809. The Hall–Kier alpha value is -3.85. The van der Waals surface area contributed by atoms with E-state index in [1.807, 2.05) is 4.90 Å². The molecule has 1 aromatic heterocycles. The number of nitrogens with two attached hydrogens (primary N) is 1. The van der Waals surface area contributed by atoms with E-state index >= 15 is 0 Å². The van der Waals surface area contributed by atoms with Crippen LogP contribution in [0.1, 0.15) is 31.5 Å². The highest BCUT2D eigenvalue weighted by molar-refractivity contribution is 7.09. The van der Waals surface area contributed by atoms with Crippen LogP contribution >= 0.6 is 11.5 Å². The number of amides is 3. The van der Waals surface area contributed by atoms with Crippen molar-refractivity contribution >= 4 is 46.1 Å². The lowest BCUT2D eigenvalue weighted by atomic mass is 9.83. The molecule has 6 N–H and O–H groups in total. The second-order valence-electron chi connectivity index (χ2n) is 8.91. The summed E-state index contributed by atoms with van der Waals surface area (Å²) < 4.78 is 3.82. The summed E-state index contributed by atoms with van der Waals surface area (Å²) in [5.41, 5.74) is 5.75. The number of carbonyl (C=O) groups is 4. The molecule has 0 spiro atoms. The van der Waals surface area contributed by atoms with Gasteiger partial charge in [0.25, 0.3) is 11.8 Å². The zero-order chi connectivity index (χ0) is 25.6. The average molecular weight is 517 g/mol. The number of nitrogens with one attached hydrogen (secondary N) is 2. The number of aromatic nitrogens is 2. The molecule has 36 heavy (non-hydrogen) atoms. The van der Waals surface area contributed by atoms with Crippen molar-refractivity contribution in [1.82, 2.24) is 29.8 Å². The molecule has 1 aromatic rings. The van der Waals surface area contributed by atoms with Gasteiger partial charge in [0.2, 0.25) is 17.4 Å². The number of oxime groups is 1. The number of carboxylic acids is 1. The van der Waals surface area contributed by atoms with Gasteiger partial charge in [-0.25, -0.2) is 4.79 Å². The molecule has 4 aliphatic rings. The standard InChI is InChI=1S/C21H24N8O6S/c22-21-25-16(27-36-21)14(26-35)17(30)24-13-12-2-1-9(15(20(33)34)29(12)19(13)32)7-10-4-6-28(18(10)31)11-3-5-23-8-11/h7,11-13,23,35H,1-6,8H2,(H,24,30)(H,33,34)(H2,22,25,27)/b10-7-,26-14+/t11-,12-,13+/m1/s1. The molecule has 0 unspecified atom stereocenters. The van der Waals surface area contributed by atoms with Crippen LogP contribution in [-0.2, 0) is 19.2 Å². The number of anilines is 1. The van der Waals surface area contributed by atoms with Gasteiger partial charge >= 0.3 is 5.97 Å². The first kappa shape index (κ1) is 23.9. The van der Waals surface area contributed by atoms with E-state index in [0.717, 1.165) is 35.9 Å². The lowest BCUT2D eigenvalue weighted by Crippen LogP contribution is -2.72. The van der Waals surface area contributed by atoms with Crippen molar-refractivity contribution in [2.45, 2.75) is 43.8 Å². The third-order valence-electron chi connectivity index (χ3n) is 6.91. The topological polar surface area (TPSA) is 203 Å². The summed E-state index contributed by atoms with van der Waals surface area (Å²) in [6, 6.07) is -1.47. The summed E-state index contributed by atoms with van der Waals surface area (Å²) in [6.07, 6.45) is 3.70. The highest BCUT2D eigenvalue weighted by atomic mass is 32.1. The number of likely N-dealkylation sites (tertiary alicyclic amines) is 1. The first-order valence-corrected chi connectivity index (χ1v) is 12.2. The highest BCUT2D eigenvalue weighted by Gasteiger charge is 2.53. The third-order valence-corrected chi connectivity index (χ3v) is 7.46. The van der Waals surface area contributed by atoms with Crippen LogP contribution in [0.15, 0.2) is 28.1 Å². The Bertz CT molecular complexity index is 1230. The van der Waals surface area contributed by atoms with E-state index in [2.05, 4.69) is 25.1 Å². The van der Waals surface area contributed by atoms with E-state index in [-0.39, 0.29) is 28.6 Å². The number of nitrogen functional groups attached to an aromatic ring is 1. The van der Waals surface area contributed by atoms with E-state index in [9.17, 15) is 29.5 Å². The number of hydrogen-bond donors (Lipinski definition) is 5. The van der Waals surface area contributed by atoms with Crippen molar-refractivity contribution < 1.29 is 29.5 Å². The number of hydrogen-bond acceptors (Lipinski definition) is 11. The summed E-state index contributed by atoms with van der Waals surface area (Å²) in [6.45, 7) is 2.19. The minimum atomic E-state index is -1.29. The van der Waals surface area contributed by atoms with Gasteiger partial charge in [-0.15, -0.1) is 0 Å². The van der Waals surface area contributed by atoms with Crippen LogP contribution in [0.25, 0.3) is 0 Å². The van der Waals surface area contributed by atoms with Gasteiger partial charge in [-0.2, -0.15) is 9.36 Å². The first-order valence-electron chi connectivity index (χ1n) is 11.4.